The molecule has 1 saturated heterocycles. The van der Waals surface area contributed by atoms with Crippen LogP contribution in [-0.4, -0.2) is 34.8 Å². The summed E-state index contributed by atoms with van der Waals surface area (Å²) < 4.78 is 38.5. The van der Waals surface area contributed by atoms with E-state index in [0.717, 1.165) is 28.2 Å². The van der Waals surface area contributed by atoms with Gasteiger partial charge in [-0.1, -0.05) is 30.3 Å². The van der Waals surface area contributed by atoms with Gasteiger partial charge in [0.2, 0.25) is 5.91 Å². The summed E-state index contributed by atoms with van der Waals surface area (Å²) in [5.74, 6) is -1.26. The Labute approximate surface area is 170 Å². The highest BCUT2D eigenvalue weighted by Gasteiger charge is 2.52. The van der Waals surface area contributed by atoms with Gasteiger partial charge in [-0.15, -0.1) is 0 Å². The van der Waals surface area contributed by atoms with E-state index in [-0.39, 0.29) is 5.69 Å². The first-order valence-corrected chi connectivity index (χ1v) is 9.36. The summed E-state index contributed by atoms with van der Waals surface area (Å²) in [5.41, 5.74) is 0.0129. The van der Waals surface area contributed by atoms with Crippen molar-refractivity contribution >= 4 is 23.5 Å². The number of hydrogen-bond acceptors (Lipinski definition) is 3. The van der Waals surface area contributed by atoms with Gasteiger partial charge in [-0.05, 0) is 42.2 Å². The van der Waals surface area contributed by atoms with Gasteiger partial charge < -0.3 is 10.6 Å². The Morgan fingerprint density at radius 2 is 1.83 bits per heavy atom. The van der Waals surface area contributed by atoms with E-state index in [9.17, 15) is 27.6 Å². The van der Waals surface area contributed by atoms with E-state index < -0.39 is 41.7 Å². The van der Waals surface area contributed by atoms with Crippen molar-refractivity contribution in [2.75, 3.05) is 11.9 Å². The number of nitrogens with one attached hydrogen (secondary N) is 2. The summed E-state index contributed by atoms with van der Waals surface area (Å²) >= 11 is 0. The minimum atomic E-state index is -4.55. The van der Waals surface area contributed by atoms with Crippen molar-refractivity contribution in [1.82, 2.24) is 10.2 Å². The van der Waals surface area contributed by atoms with Crippen LogP contribution in [0.2, 0.25) is 0 Å². The van der Waals surface area contributed by atoms with Gasteiger partial charge in [0.1, 0.15) is 12.1 Å². The fourth-order valence-corrected chi connectivity index (χ4v) is 3.96. The lowest BCUT2D eigenvalue weighted by atomic mass is 9.78. The first kappa shape index (κ1) is 19.9. The van der Waals surface area contributed by atoms with Crippen LogP contribution in [0.4, 0.5) is 23.7 Å². The number of nitrogens with zero attached hydrogens (tertiary/aromatic N) is 1. The molecule has 9 heteroatoms. The fourth-order valence-electron chi connectivity index (χ4n) is 3.96. The van der Waals surface area contributed by atoms with Gasteiger partial charge in [0.05, 0.1) is 5.56 Å². The second kappa shape index (κ2) is 7.16. The molecule has 1 atom stereocenters. The van der Waals surface area contributed by atoms with Gasteiger partial charge in [0, 0.05) is 12.1 Å². The Balaban J connectivity index is 1.46. The third-order valence-corrected chi connectivity index (χ3v) is 5.45. The van der Waals surface area contributed by atoms with Gasteiger partial charge in [0.25, 0.3) is 5.91 Å². The van der Waals surface area contributed by atoms with Crippen LogP contribution >= 0.6 is 0 Å². The van der Waals surface area contributed by atoms with Crippen molar-refractivity contribution in [3.8, 4) is 0 Å². The standard InChI is InChI=1S/C21H18F3N3O3/c22-21(23,24)15-6-3-7-16(10-15)25-17(28)12-27-18(29)20(26-19(27)30)9-8-13-4-1-2-5-14(13)11-20/h1-7,10H,8-9,11-12H2,(H,25,28)(H,26,30). The van der Waals surface area contributed by atoms with Gasteiger partial charge in [-0.2, -0.15) is 13.2 Å². The smallest absolute Gasteiger partial charge is 0.325 e. The molecular weight excluding hydrogens is 399 g/mol. The van der Waals surface area contributed by atoms with E-state index in [2.05, 4.69) is 10.6 Å². The number of halogens is 3. The van der Waals surface area contributed by atoms with Crippen molar-refractivity contribution in [1.29, 1.82) is 0 Å². The number of urea groups is 1. The number of carbonyl (C=O) groups is 3. The van der Waals surface area contributed by atoms with E-state index in [1.54, 1.807) is 0 Å². The van der Waals surface area contributed by atoms with Crippen molar-refractivity contribution in [2.45, 2.75) is 31.0 Å². The topological polar surface area (TPSA) is 78.5 Å². The van der Waals surface area contributed by atoms with Crippen LogP contribution in [-0.2, 0) is 28.6 Å². The molecule has 2 N–H and O–H groups in total. The number of carbonyl (C=O) groups excluding carboxylic acids is 3. The minimum absolute atomic E-state index is 0.0665. The highest BCUT2D eigenvalue weighted by molar-refractivity contribution is 6.10. The Hall–Kier alpha value is -3.36. The Kier molecular flexibility index (Phi) is 4.76. The molecule has 1 unspecified atom stereocenters. The molecule has 30 heavy (non-hydrogen) atoms. The predicted molar refractivity (Wildman–Crippen MR) is 102 cm³/mol. The van der Waals surface area contributed by atoms with Gasteiger partial charge in [-0.3, -0.25) is 14.5 Å². The first-order valence-electron chi connectivity index (χ1n) is 9.36. The number of fused-ring (bicyclic) bond motifs is 1. The summed E-state index contributed by atoms with van der Waals surface area (Å²) in [5, 5.41) is 5.03. The van der Waals surface area contributed by atoms with Gasteiger partial charge >= 0.3 is 12.2 Å². The number of rotatable bonds is 3. The Morgan fingerprint density at radius 1 is 1.10 bits per heavy atom. The molecule has 1 spiro atoms. The highest BCUT2D eigenvalue weighted by atomic mass is 19.4. The molecule has 0 radical (unpaired) electrons. The van der Waals surface area contributed by atoms with Gasteiger partial charge in [0.15, 0.2) is 0 Å². The maximum atomic E-state index is 13.0. The molecule has 4 rings (SSSR count). The molecule has 4 amide bonds. The fraction of sp³-hybridized carbons (Fsp3) is 0.286. The largest absolute Gasteiger partial charge is 0.416 e. The first-order chi connectivity index (χ1) is 14.2. The van der Waals surface area contributed by atoms with Crippen LogP contribution in [0.3, 0.4) is 0 Å². The molecule has 2 aromatic carbocycles. The average molecular weight is 417 g/mol. The molecular formula is C21H18F3N3O3. The molecule has 2 aliphatic rings. The van der Waals surface area contributed by atoms with Crippen molar-refractivity contribution < 1.29 is 27.6 Å². The third-order valence-electron chi connectivity index (χ3n) is 5.45. The molecule has 0 saturated carbocycles. The molecule has 6 nitrogen and oxygen atoms in total. The number of imide groups is 1. The number of aryl methyl sites for hydroxylation is 1. The van der Waals surface area contributed by atoms with Crippen molar-refractivity contribution in [2.24, 2.45) is 0 Å². The predicted octanol–water partition coefficient (Wildman–Crippen LogP) is 3.12. The summed E-state index contributed by atoms with van der Waals surface area (Å²) in [4.78, 5) is 38.5. The second-order valence-corrected chi connectivity index (χ2v) is 7.48. The molecule has 0 bridgehead atoms. The Morgan fingerprint density at radius 3 is 2.57 bits per heavy atom. The quantitative estimate of drug-likeness (QED) is 0.754. The van der Waals surface area contributed by atoms with Crippen LogP contribution in [0.1, 0.15) is 23.1 Å². The maximum Gasteiger partial charge on any atom is 0.416 e. The number of benzene rings is 2. The van der Waals surface area contributed by atoms with E-state index in [1.165, 1.54) is 12.1 Å². The zero-order valence-corrected chi connectivity index (χ0v) is 15.8. The third kappa shape index (κ3) is 3.62. The summed E-state index contributed by atoms with van der Waals surface area (Å²) in [6, 6.07) is 11.1. The molecule has 1 heterocycles. The van der Waals surface area contributed by atoms with Crippen LogP contribution < -0.4 is 10.6 Å². The molecule has 1 aliphatic heterocycles. The lowest BCUT2D eigenvalue weighted by molar-refractivity contribution is -0.137. The molecule has 1 fully saturated rings. The zero-order chi connectivity index (χ0) is 21.5. The van der Waals surface area contributed by atoms with Crippen LogP contribution in [0, 0.1) is 0 Å². The SMILES string of the molecule is O=C(CN1C(=O)NC2(CCc3ccccc3C2)C1=O)Nc1cccc(C(F)(F)F)c1. The number of anilines is 1. The average Bonchev–Trinajstić information content (AvgIpc) is 2.91. The molecule has 1 aliphatic carbocycles. The van der Waals surface area contributed by atoms with Crippen LogP contribution in [0.25, 0.3) is 0 Å². The van der Waals surface area contributed by atoms with Crippen LogP contribution in [0.15, 0.2) is 48.5 Å². The number of alkyl halides is 3. The van der Waals surface area contributed by atoms with E-state index in [0.29, 0.717) is 19.3 Å². The lowest BCUT2D eigenvalue weighted by Gasteiger charge is -2.32. The lowest BCUT2D eigenvalue weighted by Crippen LogP contribution is -2.51. The minimum Gasteiger partial charge on any atom is -0.325 e. The summed E-state index contributed by atoms with van der Waals surface area (Å²) in [6.07, 6.45) is -3.18. The van der Waals surface area contributed by atoms with E-state index >= 15 is 0 Å². The van der Waals surface area contributed by atoms with E-state index in [4.69, 9.17) is 0 Å². The summed E-state index contributed by atoms with van der Waals surface area (Å²) in [7, 11) is 0. The monoisotopic (exact) mass is 417 g/mol. The van der Waals surface area contributed by atoms with Crippen molar-refractivity contribution in [3.63, 3.8) is 0 Å². The van der Waals surface area contributed by atoms with Crippen molar-refractivity contribution in [3.05, 3.63) is 65.2 Å². The maximum absolute atomic E-state index is 13.0. The van der Waals surface area contributed by atoms with Crippen LogP contribution in [0.5, 0.6) is 0 Å². The summed E-state index contributed by atoms with van der Waals surface area (Å²) in [6.45, 7) is -0.579. The zero-order valence-electron chi connectivity index (χ0n) is 15.8. The molecule has 2 aromatic rings. The number of hydrogen-bond donors (Lipinski definition) is 2. The second-order valence-electron chi connectivity index (χ2n) is 7.48. The molecule has 0 aromatic heterocycles. The molecule has 156 valence electrons. The normalized spacial score (nSPS) is 20.8. The number of amides is 4. The van der Waals surface area contributed by atoms with E-state index in [1.807, 2.05) is 24.3 Å². The Bertz CT molecular complexity index is 1040. The highest BCUT2D eigenvalue weighted by Crippen LogP contribution is 2.34. The van der Waals surface area contributed by atoms with Gasteiger partial charge in [-0.25, -0.2) is 4.79 Å².